The van der Waals surface area contributed by atoms with E-state index >= 15 is 0 Å². The first kappa shape index (κ1) is 28.4. The van der Waals surface area contributed by atoms with E-state index in [1.807, 2.05) is 0 Å². The van der Waals surface area contributed by atoms with Gasteiger partial charge in [0.25, 0.3) is 30.4 Å². The molecule has 39 heavy (non-hydrogen) atoms. The van der Waals surface area contributed by atoms with E-state index < -0.39 is 93.9 Å². The quantitative estimate of drug-likeness (QED) is 0.147. The van der Waals surface area contributed by atoms with Gasteiger partial charge in [0.1, 0.15) is 19.6 Å². The van der Waals surface area contributed by atoms with E-state index in [1.54, 1.807) is 0 Å². The van der Waals surface area contributed by atoms with Gasteiger partial charge in [-0.2, -0.15) is 33.7 Å². The summed E-state index contributed by atoms with van der Waals surface area (Å²) in [7, 11) is -24.5. The van der Waals surface area contributed by atoms with Gasteiger partial charge in [0.05, 0.1) is 11.1 Å². The summed E-state index contributed by atoms with van der Waals surface area (Å²) in [5.41, 5.74) is -4.50. The second-order valence-electron chi connectivity index (χ2n) is 7.61. The summed E-state index contributed by atoms with van der Waals surface area (Å²) in [6, 6.07) is 10.6. The molecule has 0 unspecified atom stereocenters. The topological polar surface area (TPSA) is 250 Å². The van der Waals surface area contributed by atoms with Crippen LogP contribution >= 0.6 is 0 Å². The van der Waals surface area contributed by atoms with Gasteiger partial charge in [0.15, 0.2) is 17.3 Å². The van der Waals surface area contributed by atoms with Gasteiger partial charge in [-0.1, -0.05) is 46.8 Å². The molecule has 0 spiro atoms. The van der Waals surface area contributed by atoms with Gasteiger partial charge in [-0.05, 0) is 12.1 Å². The average Bonchev–Trinajstić information content (AvgIpc) is 2.83. The fourth-order valence-electron chi connectivity index (χ4n) is 3.79. The monoisotopic (exact) mass is 620 g/mol. The van der Waals surface area contributed by atoms with Crippen LogP contribution in [0, 0.1) is 0 Å². The van der Waals surface area contributed by atoms with E-state index in [0.717, 1.165) is 24.3 Å². The van der Waals surface area contributed by atoms with E-state index in [9.17, 15) is 56.9 Å². The lowest BCUT2D eigenvalue weighted by Gasteiger charge is -2.24. The highest BCUT2D eigenvalue weighted by Crippen LogP contribution is 2.44. The van der Waals surface area contributed by atoms with Gasteiger partial charge in [-0.15, -0.1) is 0 Å². The van der Waals surface area contributed by atoms with E-state index in [4.69, 9.17) is 0 Å². The van der Waals surface area contributed by atoms with Crippen molar-refractivity contribution in [2.75, 3.05) is 0 Å². The number of hydrogen-bond acceptors (Lipinski definition) is 12. The lowest BCUT2D eigenvalue weighted by atomic mass is 9.84. The molecule has 3 N–H and O–H groups in total. The van der Waals surface area contributed by atoms with Gasteiger partial charge in [0, 0.05) is 11.1 Å². The second kappa shape index (κ2) is 9.27. The number of carbonyl (C=O) groups is 2. The molecular weight excluding hydrogens is 608 g/mol. The zero-order chi connectivity index (χ0) is 29.1. The van der Waals surface area contributed by atoms with Crippen LogP contribution in [0.2, 0.25) is 0 Å². The van der Waals surface area contributed by atoms with Crippen LogP contribution in [0.25, 0.3) is 0 Å². The maximum absolute atomic E-state index is 13.3. The van der Waals surface area contributed by atoms with Crippen LogP contribution in [-0.2, 0) is 44.8 Å². The Morgan fingerprint density at radius 3 is 1.31 bits per heavy atom. The fourth-order valence-corrected chi connectivity index (χ4v) is 8.94. The molecule has 0 radical (unpaired) electrons. The molecule has 0 aliphatic heterocycles. The second-order valence-corrected chi connectivity index (χ2v) is 13.1. The van der Waals surface area contributed by atoms with Crippen molar-refractivity contribution in [3.63, 3.8) is 0 Å². The van der Waals surface area contributed by atoms with Gasteiger partial charge >= 0.3 is 10.1 Å². The van der Waals surface area contributed by atoms with Crippen LogP contribution in [0.3, 0.4) is 0 Å². The molecule has 1 aliphatic rings. The van der Waals surface area contributed by atoms with Gasteiger partial charge < -0.3 is 4.89 Å². The molecule has 206 valence electrons. The lowest BCUT2D eigenvalue weighted by molar-refractivity contribution is -0.0930. The summed E-state index contributed by atoms with van der Waals surface area (Å²) < 4.78 is 135. The Labute approximate surface area is 219 Å². The minimum atomic E-state index is -6.24. The minimum Gasteiger partial charge on any atom is -0.321 e. The third-order valence-electron chi connectivity index (χ3n) is 5.18. The smallest absolute Gasteiger partial charge is 0.321 e. The number of rotatable bonds is 7. The molecule has 3 aromatic rings. The number of para-hydroxylation sites is 1. The molecule has 0 aromatic heterocycles. The Hall–Kier alpha value is -3.56. The maximum atomic E-state index is 13.3. The first-order chi connectivity index (χ1) is 17.9. The predicted molar refractivity (Wildman–Crippen MR) is 125 cm³/mol. The van der Waals surface area contributed by atoms with Crippen molar-refractivity contribution in [3.8, 4) is 5.75 Å². The minimum absolute atomic E-state index is 0.379. The Kier molecular flexibility index (Phi) is 6.77. The van der Waals surface area contributed by atoms with Crippen molar-refractivity contribution in [2.45, 2.75) is 19.6 Å². The van der Waals surface area contributed by atoms with Crippen molar-refractivity contribution in [2.24, 2.45) is 0 Å². The van der Waals surface area contributed by atoms with Crippen molar-refractivity contribution >= 4 is 52.0 Å². The van der Waals surface area contributed by atoms with E-state index in [0.29, 0.717) is 0 Å². The van der Waals surface area contributed by atoms with Crippen molar-refractivity contribution in [1.29, 1.82) is 0 Å². The first-order valence-corrected chi connectivity index (χ1v) is 15.6. The summed E-state index contributed by atoms with van der Waals surface area (Å²) in [5, 5.41) is 0. The van der Waals surface area contributed by atoms with Crippen LogP contribution in [0.1, 0.15) is 31.8 Å². The van der Waals surface area contributed by atoms with Crippen molar-refractivity contribution < 1.29 is 66.1 Å². The average molecular weight is 621 g/mol. The van der Waals surface area contributed by atoms with Gasteiger partial charge in [0.2, 0.25) is 0 Å². The summed E-state index contributed by atoms with van der Waals surface area (Å²) in [6.45, 7) is 0. The van der Waals surface area contributed by atoms with E-state index in [2.05, 4.69) is 9.22 Å². The first-order valence-electron chi connectivity index (χ1n) is 9.88. The van der Waals surface area contributed by atoms with E-state index in [-0.39, 0.29) is 5.75 Å². The summed E-state index contributed by atoms with van der Waals surface area (Å²) in [5.74, 6) is -3.52. The largest absolute Gasteiger partial charge is 0.334 e. The van der Waals surface area contributed by atoms with Crippen molar-refractivity contribution in [3.05, 3.63) is 76.9 Å². The summed E-state index contributed by atoms with van der Waals surface area (Å²) in [6.07, 6.45) is 0. The SMILES string of the molecule is O=C1c2ccccc2C(=O)c2c1c(S(=O)(=O)O)c(S(=O)(=O)O)c(S(=O)(=O)OOc1ccccc1)c2S(=O)(=O)O. The molecule has 1 aliphatic carbocycles. The fraction of sp³-hybridized carbons (Fsp3) is 0. The van der Waals surface area contributed by atoms with Crippen LogP contribution in [0.15, 0.2) is 74.2 Å². The highest BCUT2D eigenvalue weighted by atomic mass is 32.2. The number of hydrogen-bond donors (Lipinski definition) is 3. The Bertz CT molecular complexity index is 2010. The molecule has 0 saturated carbocycles. The molecule has 3 aromatic carbocycles. The highest BCUT2D eigenvalue weighted by molar-refractivity contribution is 7.92. The number of ketones is 2. The predicted octanol–water partition coefficient (Wildman–Crippen LogP) is 0.901. The zero-order valence-electron chi connectivity index (χ0n) is 18.6. The number of carbonyl (C=O) groups excluding carboxylic acids is 2. The molecule has 19 heteroatoms. The van der Waals surface area contributed by atoms with Crippen LogP contribution < -0.4 is 4.89 Å². The highest BCUT2D eigenvalue weighted by Gasteiger charge is 2.49. The molecule has 0 fully saturated rings. The van der Waals surface area contributed by atoms with Gasteiger partial charge in [-0.3, -0.25) is 23.2 Å². The molecule has 0 amide bonds. The van der Waals surface area contributed by atoms with Crippen LogP contribution in [0.4, 0.5) is 0 Å². The third-order valence-corrected chi connectivity index (χ3v) is 9.50. The Morgan fingerprint density at radius 2 is 0.897 bits per heavy atom. The molecule has 0 heterocycles. The third kappa shape index (κ3) is 4.96. The molecule has 15 nitrogen and oxygen atoms in total. The molecule has 0 atom stereocenters. The van der Waals surface area contributed by atoms with Crippen molar-refractivity contribution in [1.82, 2.24) is 0 Å². The maximum Gasteiger partial charge on any atom is 0.334 e. The number of benzene rings is 3. The molecule has 0 bridgehead atoms. The lowest BCUT2D eigenvalue weighted by Crippen LogP contribution is -2.31. The molecule has 0 saturated heterocycles. The Morgan fingerprint density at radius 1 is 0.513 bits per heavy atom. The normalized spacial score (nSPS) is 14.0. The van der Waals surface area contributed by atoms with Gasteiger partial charge in [-0.25, -0.2) is 0 Å². The van der Waals surface area contributed by atoms with E-state index in [1.165, 1.54) is 30.3 Å². The van der Waals surface area contributed by atoms with Crippen LogP contribution in [-0.4, -0.2) is 58.9 Å². The molecule has 4 rings (SSSR count). The summed E-state index contributed by atoms with van der Waals surface area (Å²) >= 11 is 0. The number of fused-ring (bicyclic) bond motifs is 2. The molecular formula is C20H12O15S4. The standard InChI is InChI=1S/C20H12O15S4/c21-15-11-8-4-5-9-12(11)16(22)14-13(15)17(36(23,24)25)19(38(29,30)31)20(18(14)37(26,27)28)39(32,33)35-34-10-6-2-1-3-7-10/h1-9H,(H,23,24,25)(H,26,27,28)(H,29,30,31). The Balaban J connectivity index is 2.28. The summed E-state index contributed by atoms with van der Waals surface area (Å²) in [4.78, 5) is 22.1. The van der Waals surface area contributed by atoms with Crippen LogP contribution in [0.5, 0.6) is 5.75 Å². The zero-order valence-corrected chi connectivity index (χ0v) is 21.8.